The largest absolute Gasteiger partial charge is 0.381 e. The fraction of sp³-hybridized carbons (Fsp3) is 1.00. The summed E-state index contributed by atoms with van der Waals surface area (Å²) in [5.41, 5.74) is 0. The number of hydrogen-bond acceptors (Lipinski definition) is 4. The van der Waals surface area contributed by atoms with Crippen molar-refractivity contribution in [2.45, 2.75) is 56.7 Å². The Morgan fingerprint density at radius 3 is 2.45 bits per heavy atom. The molecule has 2 fully saturated rings. The van der Waals surface area contributed by atoms with Crippen LogP contribution in [0.1, 0.15) is 46.0 Å². The molecule has 0 radical (unpaired) electrons. The van der Waals surface area contributed by atoms with Crippen LogP contribution in [-0.4, -0.2) is 45.2 Å². The first-order chi connectivity index (χ1) is 9.36. The fourth-order valence-electron chi connectivity index (χ4n) is 3.61. The number of nitrogens with one attached hydrogen (secondary N) is 1. The lowest BCUT2D eigenvalue weighted by atomic mass is 9.78. The van der Waals surface area contributed by atoms with E-state index >= 15 is 0 Å². The van der Waals surface area contributed by atoms with Crippen molar-refractivity contribution in [1.82, 2.24) is 5.32 Å². The Bertz CT molecular complexity index is 415. The molecule has 0 bridgehead atoms. The van der Waals surface area contributed by atoms with Gasteiger partial charge in [0, 0.05) is 32.1 Å². The van der Waals surface area contributed by atoms with Crippen molar-refractivity contribution in [3.05, 3.63) is 0 Å². The minimum absolute atomic E-state index is 0.459. The second-order valence-corrected chi connectivity index (χ2v) is 9.23. The van der Waals surface area contributed by atoms with Gasteiger partial charge in [-0.05, 0) is 31.1 Å². The van der Waals surface area contributed by atoms with Gasteiger partial charge in [-0.25, -0.2) is 8.42 Å². The smallest absolute Gasteiger partial charge is 0.154 e. The second kappa shape index (κ2) is 6.32. The molecule has 0 spiro atoms. The highest BCUT2D eigenvalue weighted by Crippen LogP contribution is 2.32. The third-order valence-corrected chi connectivity index (χ3v) is 7.71. The monoisotopic (exact) mass is 303 g/mol. The van der Waals surface area contributed by atoms with Crippen LogP contribution in [-0.2, 0) is 14.6 Å². The summed E-state index contributed by atoms with van der Waals surface area (Å²) in [4.78, 5) is 0. The Morgan fingerprint density at radius 1 is 1.20 bits per heavy atom. The lowest BCUT2D eigenvalue weighted by molar-refractivity contribution is 0.0717. The number of hydrogen-bond donors (Lipinski definition) is 1. The molecule has 0 aromatic heterocycles. The van der Waals surface area contributed by atoms with Crippen molar-refractivity contribution in [1.29, 1.82) is 0 Å². The van der Waals surface area contributed by atoms with Crippen molar-refractivity contribution in [3.8, 4) is 0 Å². The average Bonchev–Trinajstić information content (AvgIpc) is 2.40. The van der Waals surface area contributed by atoms with E-state index in [0.717, 1.165) is 5.92 Å². The zero-order valence-corrected chi connectivity index (χ0v) is 13.8. The molecule has 4 nitrogen and oxygen atoms in total. The normalized spacial score (nSPS) is 34.9. The highest BCUT2D eigenvalue weighted by molar-refractivity contribution is 7.92. The summed E-state index contributed by atoms with van der Waals surface area (Å²) in [6, 6.07) is 0.459. The van der Waals surface area contributed by atoms with E-state index in [4.69, 9.17) is 4.74 Å². The predicted molar refractivity (Wildman–Crippen MR) is 81.6 cm³/mol. The van der Waals surface area contributed by atoms with Gasteiger partial charge in [-0.3, -0.25) is 0 Å². The molecular weight excluding hydrogens is 274 g/mol. The van der Waals surface area contributed by atoms with Crippen LogP contribution in [0.5, 0.6) is 0 Å². The molecule has 1 heterocycles. The van der Waals surface area contributed by atoms with Crippen molar-refractivity contribution in [2.75, 3.05) is 26.0 Å². The van der Waals surface area contributed by atoms with Gasteiger partial charge in [-0.2, -0.15) is 0 Å². The second-order valence-electron chi connectivity index (χ2n) is 6.82. The van der Waals surface area contributed by atoms with Gasteiger partial charge in [-0.15, -0.1) is 0 Å². The minimum Gasteiger partial charge on any atom is -0.381 e. The van der Waals surface area contributed by atoms with E-state index in [0.29, 0.717) is 44.6 Å². The molecule has 1 aliphatic carbocycles. The van der Waals surface area contributed by atoms with Gasteiger partial charge < -0.3 is 10.1 Å². The van der Waals surface area contributed by atoms with Gasteiger partial charge in [0.15, 0.2) is 9.84 Å². The molecule has 1 saturated heterocycles. The van der Waals surface area contributed by atoms with Crippen LogP contribution in [0.4, 0.5) is 0 Å². The Hall–Kier alpha value is -0.130. The van der Waals surface area contributed by atoms with Gasteiger partial charge in [0.1, 0.15) is 0 Å². The summed E-state index contributed by atoms with van der Waals surface area (Å²) in [5.74, 6) is 1.35. The molecule has 0 aromatic rings. The van der Waals surface area contributed by atoms with E-state index in [1.807, 2.05) is 0 Å². The lowest BCUT2D eigenvalue weighted by Crippen LogP contribution is -2.54. The Balaban J connectivity index is 2.02. The van der Waals surface area contributed by atoms with E-state index in [1.54, 1.807) is 0 Å². The highest BCUT2D eigenvalue weighted by Gasteiger charge is 2.43. The minimum atomic E-state index is -3.06. The molecule has 0 unspecified atom stereocenters. The molecule has 1 N–H and O–H groups in total. The van der Waals surface area contributed by atoms with Crippen molar-refractivity contribution in [2.24, 2.45) is 11.8 Å². The van der Waals surface area contributed by atoms with Crippen LogP contribution < -0.4 is 5.32 Å². The highest BCUT2D eigenvalue weighted by atomic mass is 32.2. The fourth-order valence-corrected chi connectivity index (χ4v) is 4.86. The van der Waals surface area contributed by atoms with E-state index in [9.17, 15) is 8.42 Å². The van der Waals surface area contributed by atoms with E-state index in [1.165, 1.54) is 25.5 Å². The van der Waals surface area contributed by atoms with E-state index in [2.05, 4.69) is 19.2 Å². The SMILES string of the molecule is C[C@H]1[C@H](C)CCC[C@@H]1NCC1(S(C)(=O)=O)CCOCC1. The average molecular weight is 303 g/mol. The summed E-state index contributed by atoms with van der Waals surface area (Å²) in [6.45, 7) is 6.30. The van der Waals surface area contributed by atoms with E-state index < -0.39 is 14.6 Å². The first-order valence-electron chi connectivity index (χ1n) is 7.86. The molecule has 3 atom stereocenters. The molecule has 1 saturated carbocycles. The zero-order chi connectivity index (χ0) is 14.8. The molecule has 20 heavy (non-hydrogen) atoms. The number of sulfone groups is 1. The Kier molecular flexibility index (Phi) is 5.14. The summed E-state index contributed by atoms with van der Waals surface area (Å²) in [6.07, 6.45) is 6.34. The number of rotatable bonds is 4. The lowest BCUT2D eigenvalue weighted by Gasteiger charge is -2.40. The van der Waals surface area contributed by atoms with Gasteiger partial charge in [-0.1, -0.05) is 26.7 Å². The van der Waals surface area contributed by atoms with Crippen molar-refractivity contribution >= 4 is 9.84 Å². The van der Waals surface area contributed by atoms with Crippen LogP contribution in [0.25, 0.3) is 0 Å². The summed E-state index contributed by atoms with van der Waals surface area (Å²) < 4.78 is 29.2. The maximum absolute atomic E-state index is 12.2. The number of ether oxygens (including phenoxy) is 1. The Labute approximate surface area is 123 Å². The van der Waals surface area contributed by atoms with Crippen LogP contribution in [0.2, 0.25) is 0 Å². The standard InChI is InChI=1S/C15H29NO3S/c1-12-5-4-6-14(13(12)2)16-11-15(20(3,17)18)7-9-19-10-8-15/h12-14,16H,4-11H2,1-3H3/t12-,13+,14+/m1/s1. The quantitative estimate of drug-likeness (QED) is 0.863. The molecular formula is C15H29NO3S. The Morgan fingerprint density at radius 2 is 1.85 bits per heavy atom. The molecule has 5 heteroatoms. The molecule has 2 aliphatic rings. The topological polar surface area (TPSA) is 55.4 Å². The van der Waals surface area contributed by atoms with Crippen molar-refractivity contribution in [3.63, 3.8) is 0 Å². The zero-order valence-electron chi connectivity index (χ0n) is 13.0. The summed E-state index contributed by atoms with van der Waals surface area (Å²) in [5, 5.41) is 3.58. The molecule has 0 amide bonds. The molecule has 118 valence electrons. The van der Waals surface area contributed by atoms with Crippen LogP contribution >= 0.6 is 0 Å². The van der Waals surface area contributed by atoms with E-state index in [-0.39, 0.29) is 0 Å². The van der Waals surface area contributed by atoms with Gasteiger partial charge >= 0.3 is 0 Å². The molecule has 0 aromatic carbocycles. The van der Waals surface area contributed by atoms with Crippen LogP contribution in [0.15, 0.2) is 0 Å². The van der Waals surface area contributed by atoms with Gasteiger partial charge in [0.05, 0.1) is 4.75 Å². The van der Waals surface area contributed by atoms with Crippen molar-refractivity contribution < 1.29 is 13.2 Å². The van der Waals surface area contributed by atoms with Gasteiger partial charge in [0.25, 0.3) is 0 Å². The third-order valence-electron chi connectivity index (χ3n) is 5.58. The van der Waals surface area contributed by atoms with Gasteiger partial charge in [0.2, 0.25) is 0 Å². The van der Waals surface area contributed by atoms with Crippen LogP contribution in [0.3, 0.4) is 0 Å². The summed E-state index contributed by atoms with van der Waals surface area (Å²) >= 11 is 0. The predicted octanol–water partition coefficient (Wildman–Crippen LogP) is 1.99. The third kappa shape index (κ3) is 3.37. The summed E-state index contributed by atoms with van der Waals surface area (Å²) in [7, 11) is -3.06. The maximum Gasteiger partial charge on any atom is 0.154 e. The molecule has 1 aliphatic heterocycles. The first kappa shape index (κ1) is 16.2. The first-order valence-corrected chi connectivity index (χ1v) is 9.76. The molecule has 2 rings (SSSR count). The maximum atomic E-state index is 12.2. The van der Waals surface area contributed by atoms with Crippen LogP contribution in [0, 0.1) is 11.8 Å².